The molecule has 1 saturated heterocycles. The van der Waals surface area contributed by atoms with Crippen LogP contribution >= 0.6 is 0 Å². The first kappa shape index (κ1) is 35.9. The lowest BCUT2D eigenvalue weighted by molar-refractivity contribution is -1.01. The number of quaternary nitrogens is 1. The van der Waals surface area contributed by atoms with E-state index in [1.165, 1.54) is 41.5 Å². The van der Waals surface area contributed by atoms with Gasteiger partial charge in [-0.3, -0.25) is 0 Å². The van der Waals surface area contributed by atoms with Gasteiger partial charge in [0.2, 0.25) is 0 Å². The van der Waals surface area contributed by atoms with E-state index >= 15 is 0 Å². The van der Waals surface area contributed by atoms with Gasteiger partial charge in [-0.2, -0.15) is 0 Å². The molecule has 0 atom stereocenters. The molecule has 8 aromatic carbocycles. The van der Waals surface area contributed by atoms with E-state index in [0.717, 1.165) is 98.7 Å². The highest BCUT2D eigenvalue weighted by atomic mass is 19.2. The van der Waals surface area contributed by atoms with Crippen LogP contribution in [0.1, 0.15) is 30.4 Å². The zero-order chi connectivity index (χ0) is 40.2. The number of halogens is 6. The van der Waals surface area contributed by atoms with Gasteiger partial charge in [-0.15, -0.1) is 0 Å². The normalized spacial score (nSPS) is 16.1. The van der Waals surface area contributed by atoms with Gasteiger partial charge in [0.1, 0.15) is 13.1 Å². The fourth-order valence-corrected chi connectivity index (χ4v) is 10.6. The molecule has 0 bridgehead atoms. The molecule has 11 rings (SSSR count). The molecule has 8 aromatic rings. The van der Waals surface area contributed by atoms with E-state index in [0.29, 0.717) is 16.5 Å². The molecular weight excluding hydrogens is 753 g/mol. The van der Waals surface area contributed by atoms with Gasteiger partial charge in [0.25, 0.3) is 0 Å². The summed E-state index contributed by atoms with van der Waals surface area (Å²) in [6.07, 6.45) is 3.72. The molecule has 0 amide bonds. The highest BCUT2D eigenvalue weighted by Gasteiger charge is 2.59. The Morgan fingerprint density at radius 3 is 1.15 bits per heavy atom. The Labute approximate surface area is 337 Å². The standard InChI is InChI=1S/C52H36F6N/c53-44-22-36(23-45(54)50(44)57)30-10-14-32(15-11-30)40-20-34-6-1-3-8-38(34)48-42(40)26-59(28-52(29-59)18-5-19-52)27-43-41(21-35-7-2-4-9-39(35)49(43)48)33-16-12-31(13-17-33)37-24-46(55)51(58)47(56)25-37/h1-4,6-17,20-25H,5,18-19,26-29H2/q+1. The minimum atomic E-state index is -1.48. The molecule has 2 fully saturated rings. The average Bonchev–Trinajstić information content (AvgIpc) is 3.39. The summed E-state index contributed by atoms with van der Waals surface area (Å²) in [5, 5.41) is 4.48. The van der Waals surface area contributed by atoms with Gasteiger partial charge in [0.05, 0.1) is 18.5 Å². The summed E-state index contributed by atoms with van der Waals surface area (Å²) < 4.78 is 85.8. The Kier molecular flexibility index (Phi) is 8.02. The number of benzene rings is 8. The van der Waals surface area contributed by atoms with Crippen molar-refractivity contribution in [2.75, 3.05) is 13.1 Å². The van der Waals surface area contributed by atoms with Crippen LogP contribution in [-0.4, -0.2) is 17.6 Å². The van der Waals surface area contributed by atoms with E-state index in [1.54, 1.807) is 0 Å². The second-order valence-corrected chi connectivity index (χ2v) is 17.0. The summed E-state index contributed by atoms with van der Waals surface area (Å²) in [6, 6.07) is 41.0. The fourth-order valence-electron chi connectivity index (χ4n) is 10.6. The van der Waals surface area contributed by atoms with Crippen LogP contribution in [0.2, 0.25) is 0 Å². The molecule has 290 valence electrons. The van der Waals surface area contributed by atoms with Crippen LogP contribution in [-0.2, 0) is 13.1 Å². The molecule has 1 saturated carbocycles. The average molecular weight is 789 g/mol. The summed E-state index contributed by atoms with van der Waals surface area (Å²) in [6.45, 7) is 3.78. The van der Waals surface area contributed by atoms with Gasteiger partial charge >= 0.3 is 0 Å². The summed E-state index contributed by atoms with van der Waals surface area (Å²) in [4.78, 5) is 0. The maximum atomic E-state index is 14.3. The number of hydrogen-bond donors (Lipinski definition) is 0. The molecule has 2 spiro atoms. The SMILES string of the molecule is Fc1cc(-c2ccc(-c3cc4ccccc4c4c3C[N+]3(Cc5c(-c6ccc(-c7cc(F)c(F)c(F)c7)cc6)cc6ccccc6c5-4)CC4(CCC4)C3)cc2)cc(F)c1F. The number of fused-ring (bicyclic) bond motifs is 7. The Hall–Kier alpha value is -6.18. The lowest BCUT2D eigenvalue weighted by Crippen LogP contribution is -2.70. The van der Waals surface area contributed by atoms with Gasteiger partial charge in [0, 0.05) is 22.3 Å². The third-order valence-corrected chi connectivity index (χ3v) is 13.3. The molecule has 0 radical (unpaired) electrons. The molecule has 7 heteroatoms. The maximum absolute atomic E-state index is 14.3. The summed E-state index contributed by atoms with van der Waals surface area (Å²) in [7, 11) is 0. The first-order valence-electron chi connectivity index (χ1n) is 20.0. The van der Waals surface area contributed by atoms with Crippen LogP contribution in [0.5, 0.6) is 0 Å². The van der Waals surface area contributed by atoms with Crippen LogP contribution in [0.25, 0.3) is 77.2 Å². The molecule has 0 N–H and O–H groups in total. The summed E-state index contributed by atoms with van der Waals surface area (Å²) in [5.74, 6) is -7.87. The monoisotopic (exact) mass is 788 g/mol. The number of rotatable bonds is 4. The lowest BCUT2D eigenvalue weighted by Gasteiger charge is -2.61. The van der Waals surface area contributed by atoms with Crippen LogP contribution in [0.15, 0.2) is 133 Å². The van der Waals surface area contributed by atoms with Gasteiger partial charge in [-0.05, 0) is 115 Å². The van der Waals surface area contributed by atoms with Crippen LogP contribution in [0.3, 0.4) is 0 Å². The second kappa shape index (κ2) is 13.2. The minimum absolute atomic E-state index is 0.263. The molecule has 0 aromatic heterocycles. The Balaban J connectivity index is 1.14. The van der Waals surface area contributed by atoms with E-state index in [-0.39, 0.29) is 11.1 Å². The molecule has 1 aliphatic carbocycles. The lowest BCUT2D eigenvalue weighted by atomic mass is 9.62. The van der Waals surface area contributed by atoms with Crippen molar-refractivity contribution in [3.8, 4) is 55.6 Å². The van der Waals surface area contributed by atoms with Crippen molar-refractivity contribution in [1.29, 1.82) is 0 Å². The van der Waals surface area contributed by atoms with Crippen molar-refractivity contribution in [2.45, 2.75) is 32.4 Å². The van der Waals surface area contributed by atoms with E-state index < -0.39 is 34.9 Å². The predicted molar refractivity (Wildman–Crippen MR) is 222 cm³/mol. The number of nitrogens with zero attached hydrogens (tertiary/aromatic N) is 1. The smallest absolute Gasteiger partial charge is 0.194 e. The highest BCUT2D eigenvalue weighted by molar-refractivity contribution is 6.12. The van der Waals surface area contributed by atoms with Gasteiger partial charge in [-0.1, -0.05) is 103 Å². The van der Waals surface area contributed by atoms with E-state index in [1.807, 2.05) is 48.5 Å². The highest BCUT2D eigenvalue weighted by Crippen LogP contribution is 2.58. The third kappa shape index (κ3) is 5.73. The van der Waals surface area contributed by atoms with Crippen molar-refractivity contribution in [1.82, 2.24) is 0 Å². The first-order valence-corrected chi connectivity index (χ1v) is 20.0. The van der Waals surface area contributed by atoms with Gasteiger partial charge in [0.15, 0.2) is 34.9 Å². The van der Waals surface area contributed by atoms with E-state index in [9.17, 15) is 26.3 Å². The molecule has 1 nitrogen and oxygen atoms in total. The summed E-state index contributed by atoms with van der Waals surface area (Å²) >= 11 is 0. The van der Waals surface area contributed by atoms with Crippen LogP contribution in [0, 0.1) is 40.3 Å². The molecular formula is C52H36F6N+. The van der Waals surface area contributed by atoms with Gasteiger partial charge < -0.3 is 4.48 Å². The Morgan fingerprint density at radius 2 is 0.780 bits per heavy atom. The molecule has 2 heterocycles. The van der Waals surface area contributed by atoms with Crippen molar-refractivity contribution < 1.29 is 30.8 Å². The first-order chi connectivity index (χ1) is 28.6. The second-order valence-electron chi connectivity index (χ2n) is 17.0. The predicted octanol–water partition coefficient (Wildman–Crippen LogP) is 14.2. The van der Waals surface area contributed by atoms with Crippen molar-refractivity contribution >= 4 is 21.5 Å². The van der Waals surface area contributed by atoms with Crippen LogP contribution < -0.4 is 0 Å². The summed E-state index contributed by atoms with van der Waals surface area (Å²) in [5.41, 5.74) is 11.1. The largest absolute Gasteiger partial charge is 0.315 e. The minimum Gasteiger partial charge on any atom is -0.315 e. The quantitative estimate of drug-likeness (QED) is 0.0947. The molecule has 2 aliphatic heterocycles. The van der Waals surface area contributed by atoms with Gasteiger partial charge in [-0.25, -0.2) is 26.3 Å². The Bertz CT molecular complexity index is 2790. The molecule has 59 heavy (non-hydrogen) atoms. The number of hydrogen-bond acceptors (Lipinski definition) is 0. The third-order valence-electron chi connectivity index (χ3n) is 13.3. The van der Waals surface area contributed by atoms with E-state index in [2.05, 4.69) is 60.7 Å². The molecule has 0 unspecified atom stereocenters. The van der Waals surface area contributed by atoms with Crippen molar-refractivity contribution in [3.63, 3.8) is 0 Å². The van der Waals surface area contributed by atoms with Crippen molar-refractivity contribution in [2.24, 2.45) is 5.41 Å². The zero-order valence-electron chi connectivity index (χ0n) is 31.9. The Morgan fingerprint density at radius 1 is 0.407 bits per heavy atom. The van der Waals surface area contributed by atoms with Crippen LogP contribution in [0.4, 0.5) is 26.3 Å². The molecule has 3 aliphatic rings. The fraction of sp³-hybridized carbons (Fsp3) is 0.154. The topological polar surface area (TPSA) is 0 Å². The zero-order valence-corrected chi connectivity index (χ0v) is 31.9. The van der Waals surface area contributed by atoms with E-state index in [4.69, 9.17) is 0 Å². The van der Waals surface area contributed by atoms with Crippen molar-refractivity contribution in [3.05, 3.63) is 179 Å². The maximum Gasteiger partial charge on any atom is 0.194 e.